The number of halogens is 14. The number of hydrogen-bond donors (Lipinski definition) is 8. The first-order valence-electron chi connectivity index (χ1n) is 37.6. The Balaban J connectivity index is 0.000000182. The number of likely N-dealkylation sites (tertiary alicyclic amines) is 4. The number of anilines is 4. The van der Waals surface area contributed by atoms with E-state index in [2.05, 4.69) is 52.7 Å². The number of aromatic nitrogens is 2. The van der Waals surface area contributed by atoms with Crippen molar-refractivity contribution in [1.29, 1.82) is 5.26 Å². The van der Waals surface area contributed by atoms with Crippen LogP contribution in [0.1, 0.15) is 132 Å². The highest BCUT2D eigenvalue weighted by atomic mass is 19.3. The highest BCUT2D eigenvalue weighted by Gasteiger charge is 2.46. The number of aryl methyl sites for hydroxylation is 3. The molecule has 34 heteroatoms. The van der Waals surface area contributed by atoms with Gasteiger partial charge in [0.1, 0.15) is 46.7 Å². The van der Waals surface area contributed by atoms with Crippen LogP contribution in [0, 0.1) is 60.1 Å². The van der Waals surface area contributed by atoms with Crippen LogP contribution in [-0.2, 0) is 30.7 Å². The average molecular weight is 1680 g/mol. The summed E-state index contributed by atoms with van der Waals surface area (Å²) in [7, 11) is 3.00. The Morgan fingerprint density at radius 1 is 0.425 bits per heavy atom. The minimum atomic E-state index is -3.79. The van der Waals surface area contributed by atoms with Crippen LogP contribution >= 0.6 is 0 Å². The predicted molar refractivity (Wildman–Crippen MR) is 420 cm³/mol. The van der Waals surface area contributed by atoms with E-state index < -0.39 is 152 Å². The molecule has 0 saturated carbocycles. The number of methoxy groups -OCH3 is 1. The van der Waals surface area contributed by atoms with Crippen molar-refractivity contribution in [1.82, 2.24) is 29.4 Å². The maximum atomic E-state index is 15.2. The van der Waals surface area contributed by atoms with Gasteiger partial charge in [0.2, 0.25) is 0 Å². The van der Waals surface area contributed by atoms with Gasteiger partial charge in [-0.1, -0.05) is 26.3 Å². The van der Waals surface area contributed by atoms with Crippen LogP contribution in [0.4, 0.5) is 84.2 Å². The number of alkyl halides is 8. The van der Waals surface area contributed by atoms with Crippen LogP contribution in [0.5, 0.6) is 5.75 Å². The molecule has 7 aromatic carbocycles. The number of carbonyl (C=O) groups excluding carboxylic acids is 4. The van der Waals surface area contributed by atoms with E-state index in [0.29, 0.717) is 68.3 Å². The topological polar surface area (TPSA) is 261 Å². The molecule has 0 atom stereocenters. The molecule has 4 aliphatic heterocycles. The summed E-state index contributed by atoms with van der Waals surface area (Å²) in [6.07, 6.45) is 3.57. The van der Waals surface area contributed by atoms with Crippen LogP contribution < -0.4 is 26.0 Å². The van der Waals surface area contributed by atoms with Gasteiger partial charge >= 0.3 is 23.7 Å². The predicted octanol–water partition coefficient (Wildman–Crippen LogP) is 16.1. The van der Waals surface area contributed by atoms with Gasteiger partial charge in [0.05, 0.1) is 94.0 Å². The lowest BCUT2D eigenvalue weighted by Gasteiger charge is -2.36. The van der Waals surface area contributed by atoms with Gasteiger partial charge in [-0.25, -0.2) is 26.3 Å². The summed E-state index contributed by atoms with van der Waals surface area (Å²) in [5.41, 5.74) is -4.58. The summed E-state index contributed by atoms with van der Waals surface area (Å²) < 4.78 is 210. The van der Waals surface area contributed by atoms with E-state index in [0.717, 1.165) is 78.9 Å². The quantitative estimate of drug-likeness (QED) is 0.0311. The number of carbonyl (C=O) groups is 4. The number of nitrogens with zero attached hydrogens (tertiary/aromatic N) is 7. The van der Waals surface area contributed by atoms with E-state index in [4.69, 9.17) is 10.00 Å². The van der Waals surface area contributed by atoms with Gasteiger partial charge in [0.15, 0.2) is 0 Å². The molecule has 4 saturated heterocycles. The first-order chi connectivity index (χ1) is 56.5. The Bertz CT molecular complexity index is 5160. The standard InChI is InChI=1S/C23H25F3N2O3.C22H19F4N3O2.C22H22F4N2O2.C19H21F3N4O2/c1-14-12-17(5-6-20(14)24)27-22(30)19-13-16(4-7-21(19)31-3)23(25,26)15(2)28-10-8-18(29)9-11-28;1-13(29-8-6-17(30)7-9-29)22(25,26)18-11-14(2-4-20(18)24)21(31)28-16-3-5-19(23)15(10-16)12-27;1-13-11-16(4-6-19(13)23)27-21(30)18-12-15(3-5-20(18)24)22(25,26)14(2)28-9-7-17(29)8-10-28;1-12(26-7-5-15(27)6-8-26)19(21,22)16-9-13(3-4-17(16)20)18(28)24-14-10-23-25(2)11-14/h4-7,12-13,18,29H,2,8-11H2,1,3H3,(H,27,30);2-5,10-11,17,30H,1,6-9H2,(H,28,31);3-6,11-12,17,29H,2,7-10H2,1H3,(H,27,30);3-4,9-11,15,27H,1,5-8H2,2H3,(H,24,28). The lowest BCUT2D eigenvalue weighted by molar-refractivity contribution is -0.00905. The first-order valence-corrected chi connectivity index (χ1v) is 37.6. The Hall–Kier alpha value is -12.1. The Labute approximate surface area is 682 Å². The van der Waals surface area contributed by atoms with Crippen molar-refractivity contribution in [2.75, 3.05) is 80.7 Å². The average Bonchev–Trinajstić information content (AvgIpc) is 0.966. The van der Waals surface area contributed by atoms with Crippen molar-refractivity contribution < 1.29 is 106 Å². The largest absolute Gasteiger partial charge is 0.496 e. The number of nitriles is 1. The fourth-order valence-electron chi connectivity index (χ4n) is 13.2. The SMILES string of the molecule is C=C(N1CCC(O)CC1)C(F)(F)c1cc(C(=O)Nc2ccc(F)c(C#N)c2)ccc1F.C=C(N1CCC(O)CC1)C(F)(F)c1cc(C(=O)Nc2cnn(C)c2)ccc1F.C=C(N1CCC(O)CC1)C(F)(F)c1ccc(F)c(C(=O)Nc2ccc(F)c(C)c2)c1.C=C(N1CCC(O)CC1)C(F)(F)c1ccc(OC)c(C(=O)Nc2ccc(F)c(C)c2)c1. The second kappa shape index (κ2) is 39.2. The molecule has 0 radical (unpaired) electrons. The molecule has 0 spiro atoms. The van der Waals surface area contributed by atoms with Gasteiger partial charge in [0, 0.05) is 105 Å². The number of nitrogens with one attached hydrogen (secondary N) is 4. The molecule has 12 rings (SSSR count). The van der Waals surface area contributed by atoms with E-state index in [1.807, 2.05) is 0 Å². The molecule has 0 unspecified atom stereocenters. The van der Waals surface area contributed by atoms with Crippen LogP contribution in [0.15, 0.2) is 189 Å². The van der Waals surface area contributed by atoms with Crippen molar-refractivity contribution in [3.63, 3.8) is 0 Å². The third kappa shape index (κ3) is 22.5. The molecule has 5 heterocycles. The number of hydrogen-bond acceptors (Lipinski definition) is 15. The minimum absolute atomic E-state index is 0.0801. The molecule has 20 nitrogen and oxygen atoms in total. The Kier molecular flexibility index (Phi) is 30.0. The molecule has 4 aliphatic rings. The summed E-state index contributed by atoms with van der Waals surface area (Å²) in [4.78, 5) is 55.6. The highest BCUT2D eigenvalue weighted by Crippen LogP contribution is 2.44. The van der Waals surface area contributed by atoms with Crippen LogP contribution in [0.3, 0.4) is 0 Å². The van der Waals surface area contributed by atoms with Gasteiger partial charge < -0.3 is 66.0 Å². The molecule has 1 aromatic heterocycles. The van der Waals surface area contributed by atoms with Crippen LogP contribution in [-0.4, -0.2) is 157 Å². The number of amides is 4. The molecule has 0 bridgehead atoms. The molecular formula is C86H87F14N11O9. The van der Waals surface area contributed by atoms with Crippen molar-refractivity contribution in [2.24, 2.45) is 7.05 Å². The summed E-state index contributed by atoms with van der Waals surface area (Å²) in [6.45, 7) is 18.8. The second-order valence-electron chi connectivity index (χ2n) is 28.9. The monoisotopic (exact) mass is 1680 g/mol. The summed E-state index contributed by atoms with van der Waals surface area (Å²) >= 11 is 0. The van der Waals surface area contributed by atoms with E-state index in [-0.39, 0.29) is 103 Å². The molecule has 8 aromatic rings. The highest BCUT2D eigenvalue weighted by molar-refractivity contribution is 6.07. The summed E-state index contributed by atoms with van der Waals surface area (Å²) in [5.74, 6) is -22.3. The number of allylic oxidation sites excluding steroid dienone is 4. The zero-order chi connectivity index (χ0) is 88.0. The maximum Gasteiger partial charge on any atom is 0.314 e. The zero-order valence-corrected chi connectivity index (χ0v) is 65.5. The van der Waals surface area contributed by atoms with E-state index in [1.165, 1.54) is 93.0 Å². The second-order valence-corrected chi connectivity index (χ2v) is 28.9. The number of aliphatic hydroxyl groups is 4. The number of piperidine rings is 4. The number of ether oxygens (including phenoxy) is 1. The van der Waals surface area contributed by atoms with Gasteiger partial charge in [-0.3, -0.25) is 23.9 Å². The van der Waals surface area contributed by atoms with Gasteiger partial charge in [-0.15, -0.1) is 0 Å². The molecule has 4 amide bonds. The lowest BCUT2D eigenvalue weighted by atomic mass is 9.99. The number of benzene rings is 7. The number of rotatable bonds is 21. The van der Waals surface area contributed by atoms with E-state index in [1.54, 1.807) is 26.2 Å². The fraction of sp³-hybridized carbons (Fsp3) is 0.326. The summed E-state index contributed by atoms with van der Waals surface area (Å²) in [6, 6.07) is 24.2. The van der Waals surface area contributed by atoms with Crippen LogP contribution in [0.25, 0.3) is 0 Å². The van der Waals surface area contributed by atoms with Gasteiger partial charge in [0.25, 0.3) is 23.6 Å². The maximum absolute atomic E-state index is 15.2. The first kappa shape index (κ1) is 91.8. The summed E-state index contributed by atoms with van der Waals surface area (Å²) in [5, 5.41) is 60.9. The van der Waals surface area contributed by atoms with E-state index >= 15 is 26.3 Å². The smallest absolute Gasteiger partial charge is 0.314 e. The molecular weight excluding hydrogens is 1600 g/mol. The molecule has 120 heavy (non-hydrogen) atoms. The van der Waals surface area contributed by atoms with Crippen molar-refractivity contribution in [3.05, 3.63) is 285 Å². The molecule has 8 N–H and O–H groups in total. The van der Waals surface area contributed by atoms with E-state index in [9.17, 15) is 74.7 Å². The number of aliphatic hydroxyl groups excluding tert-OH is 4. The van der Waals surface area contributed by atoms with Crippen LogP contribution in [0.2, 0.25) is 0 Å². The van der Waals surface area contributed by atoms with Gasteiger partial charge in [-0.05, 0) is 204 Å². The molecule has 638 valence electrons. The third-order valence-corrected chi connectivity index (χ3v) is 20.5. The normalized spacial score (nSPS) is 15.1. The fourth-order valence-corrected chi connectivity index (χ4v) is 13.2. The zero-order valence-electron chi connectivity index (χ0n) is 65.5. The van der Waals surface area contributed by atoms with Crippen molar-refractivity contribution in [3.8, 4) is 11.8 Å². The Morgan fingerprint density at radius 2 is 0.750 bits per heavy atom. The lowest BCUT2D eigenvalue weighted by Crippen LogP contribution is -2.40. The van der Waals surface area contributed by atoms with Crippen molar-refractivity contribution in [2.45, 2.75) is 113 Å². The van der Waals surface area contributed by atoms with Gasteiger partial charge in [-0.2, -0.15) is 45.5 Å². The molecule has 0 aliphatic carbocycles. The van der Waals surface area contributed by atoms with Crippen molar-refractivity contribution >= 4 is 46.4 Å². The third-order valence-electron chi connectivity index (χ3n) is 20.5. The Morgan fingerprint density at radius 3 is 1.12 bits per heavy atom. The minimum Gasteiger partial charge on any atom is -0.496 e. The molecule has 4 fully saturated rings.